The van der Waals surface area contributed by atoms with Gasteiger partial charge in [-0.05, 0) is 28.1 Å². The monoisotopic (exact) mass is 356 g/mol. The van der Waals surface area contributed by atoms with Gasteiger partial charge in [-0.15, -0.1) is 0 Å². The van der Waals surface area contributed by atoms with Gasteiger partial charge in [0.25, 0.3) is 0 Å². The molecular formula is C10H8Br2F2O2. The Morgan fingerprint density at radius 1 is 1.38 bits per heavy atom. The van der Waals surface area contributed by atoms with E-state index < -0.39 is 6.61 Å². The van der Waals surface area contributed by atoms with E-state index in [2.05, 4.69) is 36.6 Å². The van der Waals surface area contributed by atoms with Crippen molar-refractivity contribution < 1.29 is 18.3 Å². The summed E-state index contributed by atoms with van der Waals surface area (Å²) in [7, 11) is 0. The number of Topliss-reactive ketones (excluding diaryl/α,β-unsaturated/α-hetero) is 1. The molecule has 1 rings (SSSR count). The highest BCUT2D eigenvalue weighted by Crippen LogP contribution is 2.33. The average molecular weight is 358 g/mol. The Bertz CT molecular complexity index is 408. The Kier molecular flexibility index (Phi) is 4.86. The van der Waals surface area contributed by atoms with Crippen molar-refractivity contribution in [2.75, 3.05) is 0 Å². The highest BCUT2D eigenvalue weighted by atomic mass is 79.9. The third kappa shape index (κ3) is 3.25. The summed E-state index contributed by atoms with van der Waals surface area (Å²) in [6, 6.07) is 2.81. The number of halogens is 4. The molecule has 0 bridgehead atoms. The SMILES string of the molecule is CCC(=O)c1cc(OC(F)F)c(Br)cc1Br. The second-order valence-electron chi connectivity index (χ2n) is 2.92. The second-order valence-corrected chi connectivity index (χ2v) is 4.63. The number of ketones is 1. The normalized spacial score (nSPS) is 10.6. The molecule has 0 aliphatic carbocycles. The number of carbonyl (C=O) groups is 1. The average Bonchev–Trinajstić information content (AvgIpc) is 2.20. The predicted octanol–water partition coefficient (Wildman–Crippen LogP) is 4.41. The van der Waals surface area contributed by atoms with Crippen molar-refractivity contribution in [3.8, 4) is 5.75 Å². The molecule has 1 aromatic rings. The summed E-state index contributed by atoms with van der Waals surface area (Å²) in [4.78, 5) is 11.5. The van der Waals surface area contributed by atoms with Gasteiger partial charge in [-0.1, -0.05) is 22.9 Å². The maximum Gasteiger partial charge on any atom is 0.387 e. The fraction of sp³-hybridized carbons (Fsp3) is 0.300. The minimum absolute atomic E-state index is 0.0463. The van der Waals surface area contributed by atoms with Crippen LogP contribution in [0.5, 0.6) is 5.75 Å². The standard InChI is InChI=1S/C10H8Br2F2O2/c1-2-8(15)5-3-9(16-10(13)14)7(12)4-6(5)11/h3-4,10H,2H2,1H3. The summed E-state index contributed by atoms with van der Waals surface area (Å²) in [6.45, 7) is -1.22. The topological polar surface area (TPSA) is 26.3 Å². The van der Waals surface area contributed by atoms with E-state index in [1.54, 1.807) is 6.92 Å². The Morgan fingerprint density at radius 2 is 2.00 bits per heavy atom. The quantitative estimate of drug-likeness (QED) is 0.746. The Hall–Kier alpha value is -0.490. The number of hydrogen-bond donors (Lipinski definition) is 0. The summed E-state index contributed by atoms with van der Waals surface area (Å²) in [5.74, 6) is -0.187. The van der Waals surface area contributed by atoms with E-state index in [-0.39, 0.29) is 11.5 Å². The molecule has 0 fully saturated rings. The molecule has 0 amide bonds. The maximum absolute atomic E-state index is 12.1. The lowest BCUT2D eigenvalue weighted by molar-refractivity contribution is -0.0504. The van der Waals surface area contributed by atoms with Crippen molar-refractivity contribution in [3.05, 3.63) is 26.6 Å². The number of hydrogen-bond acceptors (Lipinski definition) is 2. The van der Waals surface area contributed by atoms with Crippen LogP contribution in [-0.4, -0.2) is 12.4 Å². The van der Waals surface area contributed by atoms with Crippen molar-refractivity contribution in [1.82, 2.24) is 0 Å². The lowest BCUT2D eigenvalue weighted by Crippen LogP contribution is -2.05. The van der Waals surface area contributed by atoms with Gasteiger partial charge in [-0.2, -0.15) is 8.78 Å². The van der Waals surface area contributed by atoms with Gasteiger partial charge in [0, 0.05) is 16.5 Å². The van der Waals surface area contributed by atoms with E-state index in [0.717, 1.165) is 0 Å². The second kappa shape index (κ2) is 5.72. The molecule has 0 aliphatic heterocycles. The van der Waals surface area contributed by atoms with Gasteiger partial charge in [0.2, 0.25) is 0 Å². The predicted molar refractivity (Wildman–Crippen MR) is 63.1 cm³/mol. The van der Waals surface area contributed by atoms with Crippen molar-refractivity contribution in [3.63, 3.8) is 0 Å². The largest absolute Gasteiger partial charge is 0.434 e. The summed E-state index contributed by atoms with van der Waals surface area (Å²) < 4.78 is 29.4. The van der Waals surface area contributed by atoms with Crippen LogP contribution in [0.15, 0.2) is 21.1 Å². The van der Waals surface area contributed by atoms with Crippen LogP contribution >= 0.6 is 31.9 Å². The van der Waals surface area contributed by atoms with Crippen LogP contribution in [0.1, 0.15) is 23.7 Å². The lowest BCUT2D eigenvalue weighted by atomic mass is 10.1. The first kappa shape index (κ1) is 13.6. The minimum Gasteiger partial charge on any atom is -0.434 e. The van der Waals surface area contributed by atoms with Crippen LogP contribution in [0.25, 0.3) is 0 Å². The summed E-state index contributed by atoms with van der Waals surface area (Å²) >= 11 is 6.28. The van der Waals surface area contributed by atoms with Crippen molar-refractivity contribution in [1.29, 1.82) is 0 Å². The van der Waals surface area contributed by atoms with Gasteiger partial charge < -0.3 is 4.74 Å². The number of benzene rings is 1. The van der Waals surface area contributed by atoms with E-state index in [1.807, 2.05) is 0 Å². The van der Waals surface area contributed by atoms with E-state index in [4.69, 9.17) is 0 Å². The number of rotatable bonds is 4. The van der Waals surface area contributed by atoms with E-state index in [1.165, 1.54) is 12.1 Å². The molecule has 6 heteroatoms. The van der Waals surface area contributed by atoms with Crippen molar-refractivity contribution in [2.24, 2.45) is 0 Å². The van der Waals surface area contributed by atoms with E-state index in [0.29, 0.717) is 20.9 Å². The van der Waals surface area contributed by atoms with Crippen LogP contribution in [0.2, 0.25) is 0 Å². The van der Waals surface area contributed by atoms with Crippen LogP contribution in [0.4, 0.5) is 8.78 Å². The summed E-state index contributed by atoms with van der Waals surface area (Å²) in [6.07, 6.45) is 0.300. The molecule has 0 N–H and O–H groups in total. The van der Waals surface area contributed by atoms with Gasteiger partial charge in [0.05, 0.1) is 4.47 Å². The third-order valence-corrected chi connectivity index (χ3v) is 3.13. The molecule has 0 aromatic heterocycles. The van der Waals surface area contributed by atoms with Crippen LogP contribution in [-0.2, 0) is 0 Å². The van der Waals surface area contributed by atoms with Gasteiger partial charge in [0.1, 0.15) is 5.75 Å². The van der Waals surface area contributed by atoms with Crippen molar-refractivity contribution >= 4 is 37.6 Å². The molecule has 0 aliphatic rings. The number of ether oxygens (including phenoxy) is 1. The first-order valence-corrected chi connectivity index (χ1v) is 6.01. The summed E-state index contributed by atoms with van der Waals surface area (Å²) in [5.41, 5.74) is 0.335. The number of carbonyl (C=O) groups excluding carboxylic acids is 1. The first-order valence-electron chi connectivity index (χ1n) is 4.42. The summed E-state index contributed by atoms with van der Waals surface area (Å²) in [5, 5.41) is 0. The van der Waals surface area contributed by atoms with E-state index >= 15 is 0 Å². The molecule has 0 unspecified atom stereocenters. The Labute approximate surface area is 108 Å². The van der Waals surface area contributed by atoms with Gasteiger partial charge in [0.15, 0.2) is 5.78 Å². The molecule has 0 spiro atoms. The molecule has 2 nitrogen and oxygen atoms in total. The zero-order chi connectivity index (χ0) is 12.3. The Morgan fingerprint density at radius 3 is 2.50 bits per heavy atom. The molecule has 0 atom stereocenters. The third-order valence-electron chi connectivity index (χ3n) is 1.86. The smallest absolute Gasteiger partial charge is 0.387 e. The lowest BCUT2D eigenvalue weighted by Gasteiger charge is -2.10. The van der Waals surface area contributed by atoms with Crippen LogP contribution in [0.3, 0.4) is 0 Å². The highest BCUT2D eigenvalue weighted by molar-refractivity contribution is 9.11. The molecule has 88 valence electrons. The molecule has 0 saturated heterocycles. The highest BCUT2D eigenvalue weighted by Gasteiger charge is 2.15. The molecule has 16 heavy (non-hydrogen) atoms. The zero-order valence-electron chi connectivity index (χ0n) is 8.27. The maximum atomic E-state index is 12.1. The molecule has 0 heterocycles. The minimum atomic E-state index is -2.91. The van der Waals surface area contributed by atoms with Gasteiger partial charge >= 0.3 is 6.61 Å². The zero-order valence-corrected chi connectivity index (χ0v) is 11.4. The molecule has 1 aromatic carbocycles. The van der Waals surface area contributed by atoms with Gasteiger partial charge in [-0.25, -0.2) is 0 Å². The Balaban J connectivity index is 3.16. The first-order chi connectivity index (χ1) is 7.45. The van der Waals surface area contributed by atoms with Gasteiger partial charge in [-0.3, -0.25) is 4.79 Å². The van der Waals surface area contributed by atoms with E-state index in [9.17, 15) is 13.6 Å². The fourth-order valence-electron chi connectivity index (χ4n) is 1.12. The van der Waals surface area contributed by atoms with Crippen LogP contribution < -0.4 is 4.74 Å². The fourth-order valence-corrected chi connectivity index (χ4v) is 2.43. The van der Waals surface area contributed by atoms with Crippen LogP contribution in [0, 0.1) is 0 Å². The molecule has 0 saturated carbocycles. The van der Waals surface area contributed by atoms with Crippen molar-refractivity contribution in [2.45, 2.75) is 20.0 Å². The molecular weight excluding hydrogens is 350 g/mol. The molecule has 0 radical (unpaired) electrons. The number of alkyl halides is 2.